The van der Waals surface area contributed by atoms with Crippen molar-refractivity contribution in [2.75, 3.05) is 23.9 Å². The van der Waals surface area contributed by atoms with Crippen LogP contribution < -0.4 is 16.6 Å². The van der Waals surface area contributed by atoms with Crippen LogP contribution in [-0.2, 0) is 0 Å². The minimum Gasteiger partial charge on any atom is -0.396 e. The summed E-state index contributed by atoms with van der Waals surface area (Å²) in [5.74, 6) is 8.30. The van der Waals surface area contributed by atoms with Crippen molar-refractivity contribution in [2.45, 2.75) is 50.9 Å². The Hall–Kier alpha value is -1.40. The Balaban J connectivity index is 1.70. The molecular formula is C15H25N5O. The van der Waals surface area contributed by atoms with Gasteiger partial charge in [0.2, 0.25) is 0 Å². The predicted molar refractivity (Wildman–Crippen MR) is 82.9 cm³/mol. The van der Waals surface area contributed by atoms with Gasteiger partial charge in [-0.3, -0.25) is 0 Å². The second-order valence-corrected chi connectivity index (χ2v) is 6.49. The van der Waals surface area contributed by atoms with Crippen molar-refractivity contribution in [1.82, 2.24) is 9.97 Å². The summed E-state index contributed by atoms with van der Waals surface area (Å²) >= 11 is 0. The molecule has 6 nitrogen and oxygen atoms in total. The standard InChI is InChI=1S/C15H25N5O/c16-20-13-8-12(18-14(19-13)11-4-5-11)17-9-15(10-21)6-2-1-3-7-15/h8,11,21H,1-7,9-10,16H2,(H2,17,18,19,20). The maximum Gasteiger partial charge on any atom is 0.145 e. The molecule has 1 heterocycles. The van der Waals surface area contributed by atoms with E-state index >= 15 is 0 Å². The summed E-state index contributed by atoms with van der Waals surface area (Å²) in [6.07, 6.45) is 8.17. The molecule has 0 unspecified atom stereocenters. The van der Waals surface area contributed by atoms with Gasteiger partial charge in [0.1, 0.15) is 17.5 Å². The van der Waals surface area contributed by atoms with Gasteiger partial charge in [-0.1, -0.05) is 19.3 Å². The quantitative estimate of drug-likeness (QED) is 0.473. The minimum atomic E-state index is -0.000743. The fraction of sp³-hybridized carbons (Fsp3) is 0.733. The number of aliphatic hydroxyl groups excluding tert-OH is 1. The van der Waals surface area contributed by atoms with Crippen molar-refractivity contribution >= 4 is 11.6 Å². The summed E-state index contributed by atoms with van der Waals surface area (Å²) < 4.78 is 0. The number of nitrogens with one attached hydrogen (secondary N) is 2. The Morgan fingerprint density at radius 3 is 2.52 bits per heavy atom. The van der Waals surface area contributed by atoms with Crippen molar-refractivity contribution in [1.29, 1.82) is 0 Å². The van der Waals surface area contributed by atoms with E-state index < -0.39 is 0 Å². The van der Waals surface area contributed by atoms with E-state index in [0.29, 0.717) is 11.7 Å². The van der Waals surface area contributed by atoms with E-state index in [9.17, 15) is 5.11 Å². The topological polar surface area (TPSA) is 96.1 Å². The van der Waals surface area contributed by atoms with E-state index in [1.54, 1.807) is 0 Å². The zero-order valence-electron chi connectivity index (χ0n) is 12.4. The van der Waals surface area contributed by atoms with Gasteiger partial charge in [-0.25, -0.2) is 15.8 Å². The Morgan fingerprint density at radius 2 is 1.90 bits per heavy atom. The molecule has 0 aromatic carbocycles. The van der Waals surface area contributed by atoms with E-state index in [2.05, 4.69) is 20.7 Å². The van der Waals surface area contributed by atoms with E-state index in [1.165, 1.54) is 19.3 Å². The third-order valence-corrected chi connectivity index (χ3v) is 4.73. The zero-order valence-corrected chi connectivity index (χ0v) is 12.4. The Morgan fingerprint density at radius 1 is 1.19 bits per heavy atom. The number of nitrogens with zero attached hydrogens (tertiary/aromatic N) is 2. The lowest BCUT2D eigenvalue weighted by atomic mass is 9.74. The van der Waals surface area contributed by atoms with Crippen LogP contribution in [0.1, 0.15) is 56.7 Å². The minimum absolute atomic E-state index is 0.000743. The molecule has 0 atom stereocenters. The van der Waals surface area contributed by atoms with E-state index in [1.807, 2.05) is 6.07 Å². The molecule has 0 radical (unpaired) electrons. The number of hydrogen-bond donors (Lipinski definition) is 4. The van der Waals surface area contributed by atoms with Gasteiger partial charge in [0.25, 0.3) is 0 Å². The van der Waals surface area contributed by atoms with Gasteiger partial charge < -0.3 is 15.8 Å². The van der Waals surface area contributed by atoms with Gasteiger partial charge in [-0.05, 0) is 25.7 Å². The molecule has 21 heavy (non-hydrogen) atoms. The summed E-state index contributed by atoms with van der Waals surface area (Å²) in [7, 11) is 0. The normalized spacial score (nSPS) is 21.0. The molecule has 1 aromatic heterocycles. The van der Waals surface area contributed by atoms with E-state index in [-0.39, 0.29) is 12.0 Å². The average Bonchev–Trinajstić information content (AvgIpc) is 3.38. The van der Waals surface area contributed by atoms with Crippen LogP contribution >= 0.6 is 0 Å². The molecule has 6 heteroatoms. The van der Waals surface area contributed by atoms with Gasteiger partial charge >= 0.3 is 0 Å². The molecule has 1 aromatic rings. The van der Waals surface area contributed by atoms with Crippen LogP contribution in [-0.4, -0.2) is 28.2 Å². The van der Waals surface area contributed by atoms with Crippen molar-refractivity contribution < 1.29 is 5.11 Å². The predicted octanol–water partition coefficient (Wildman–Crippen LogP) is 1.99. The van der Waals surface area contributed by atoms with E-state index in [0.717, 1.165) is 43.9 Å². The molecule has 2 aliphatic rings. The van der Waals surface area contributed by atoms with Crippen LogP contribution in [0.3, 0.4) is 0 Å². The van der Waals surface area contributed by atoms with Crippen LogP contribution in [0.5, 0.6) is 0 Å². The van der Waals surface area contributed by atoms with Crippen LogP contribution in [0.25, 0.3) is 0 Å². The molecule has 0 amide bonds. The van der Waals surface area contributed by atoms with Crippen LogP contribution in [0.15, 0.2) is 6.07 Å². The third-order valence-electron chi connectivity index (χ3n) is 4.73. The van der Waals surface area contributed by atoms with Gasteiger partial charge in [0, 0.05) is 23.9 Å². The second-order valence-electron chi connectivity index (χ2n) is 6.49. The number of hydrazine groups is 1. The number of hydrogen-bond acceptors (Lipinski definition) is 6. The number of nitrogen functional groups attached to an aromatic ring is 1. The number of aliphatic hydroxyl groups is 1. The summed E-state index contributed by atoms with van der Waals surface area (Å²) in [6, 6.07) is 1.83. The number of anilines is 2. The summed E-state index contributed by atoms with van der Waals surface area (Å²) in [5, 5.41) is 13.2. The first-order valence-corrected chi connectivity index (χ1v) is 7.95. The van der Waals surface area contributed by atoms with Gasteiger partial charge in [-0.2, -0.15) is 0 Å². The van der Waals surface area contributed by atoms with Gasteiger partial charge in [0.15, 0.2) is 0 Å². The first kappa shape index (κ1) is 14.5. The lowest BCUT2D eigenvalue weighted by Crippen LogP contribution is -2.35. The van der Waals surface area contributed by atoms with Crippen molar-refractivity contribution in [3.8, 4) is 0 Å². The number of rotatable bonds is 6. The SMILES string of the molecule is NNc1cc(NCC2(CO)CCCCC2)nc(C2CC2)n1. The Labute approximate surface area is 125 Å². The van der Waals surface area contributed by atoms with Crippen molar-refractivity contribution in [3.05, 3.63) is 11.9 Å². The lowest BCUT2D eigenvalue weighted by Gasteiger charge is -2.35. The van der Waals surface area contributed by atoms with Crippen LogP contribution in [0.4, 0.5) is 11.6 Å². The third kappa shape index (κ3) is 3.44. The first-order chi connectivity index (χ1) is 10.2. The Kier molecular flexibility index (Phi) is 4.26. The molecule has 5 N–H and O–H groups in total. The molecule has 116 valence electrons. The van der Waals surface area contributed by atoms with Crippen molar-refractivity contribution in [3.63, 3.8) is 0 Å². The molecule has 2 saturated carbocycles. The van der Waals surface area contributed by atoms with Crippen LogP contribution in [0.2, 0.25) is 0 Å². The fourth-order valence-electron chi connectivity index (χ4n) is 3.13. The summed E-state index contributed by atoms with van der Waals surface area (Å²) in [6.45, 7) is 0.997. The Bertz CT molecular complexity index is 483. The molecule has 0 saturated heterocycles. The molecule has 3 rings (SSSR count). The van der Waals surface area contributed by atoms with E-state index in [4.69, 9.17) is 5.84 Å². The number of aromatic nitrogens is 2. The summed E-state index contributed by atoms with van der Waals surface area (Å²) in [5.41, 5.74) is 2.61. The molecule has 2 aliphatic carbocycles. The fourth-order valence-corrected chi connectivity index (χ4v) is 3.13. The molecule has 0 bridgehead atoms. The smallest absolute Gasteiger partial charge is 0.145 e. The molecular weight excluding hydrogens is 266 g/mol. The zero-order chi connectivity index (χ0) is 14.7. The maximum atomic E-state index is 9.77. The highest BCUT2D eigenvalue weighted by molar-refractivity contribution is 5.47. The highest BCUT2D eigenvalue weighted by Gasteiger charge is 2.32. The largest absolute Gasteiger partial charge is 0.396 e. The molecule has 0 spiro atoms. The maximum absolute atomic E-state index is 9.77. The lowest BCUT2D eigenvalue weighted by molar-refractivity contribution is 0.0943. The van der Waals surface area contributed by atoms with Crippen LogP contribution in [0, 0.1) is 5.41 Å². The monoisotopic (exact) mass is 291 g/mol. The van der Waals surface area contributed by atoms with Gasteiger partial charge in [-0.15, -0.1) is 0 Å². The first-order valence-electron chi connectivity index (χ1n) is 7.95. The van der Waals surface area contributed by atoms with Gasteiger partial charge in [0.05, 0.1) is 6.61 Å². The highest BCUT2D eigenvalue weighted by Crippen LogP contribution is 2.39. The van der Waals surface area contributed by atoms with Crippen molar-refractivity contribution in [2.24, 2.45) is 11.3 Å². The second kappa shape index (κ2) is 6.15. The molecule has 2 fully saturated rings. The average molecular weight is 291 g/mol. The number of nitrogens with two attached hydrogens (primary N) is 1. The highest BCUT2D eigenvalue weighted by atomic mass is 16.3. The summed E-state index contributed by atoms with van der Waals surface area (Å²) in [4.78, 5) is 9.00. The molecule has 0 aliphatic heterocycles.